The van der Waals surface area contributed by atoms with E-state index in [1.54, 1.807) is 17.4 Å². The Hall–Kier alpha value is -1.70. The van der Waals surface area contributed by atoms with Crippen LogP contribution in [0, 0.1) is 0 Å². The molecule has 0 unspecified atom stereocenters. The number of rotatable bonds is 5. The molecule has 0 saturated heterocycles. The van der Waals surface area contributed by atoms with Gasteiger partial charge in [-0.05, 0) is 29.0 Å². The van der Waals surface area contributed by atoms with E-state index < -0.39 is 18.0 Å². The Morgan fingerprint density at radius 1 is 1.37 bits per heavy atom. The third kappa shape index (κ3) is 3.40. The molecule has 0 aliphatic heterocycles. The van der Waals surface area contributed by atoms with Crippen LogP contribution in [0.2, 0.25) is 0 Å². The van der Waals surface area contributed by atoms with Crippen molar-refractivity contribution in [2.45, 2.75) is 6.04 Å². The Morgan fingerprint density at radius 3 is 2.79 bits per heavy atom. The van der Waals surface area contributed by atoms with Crippen LogP contribution in [0.5, 0.6) is 0 Å². The Labute approximate surface area is 117 Å². The van der Waals surface area contributed by atoms with Gasteiger partial charge in [0.2, 0.25) is 0 Å². The van der Waals surface area contributed by atoms with Crippen LogP contribution in [0.4, 0.5) is 0 Å². The van der Waals surface area contributed by atoms with Gasteiger partial charge in [-0.2, -0.15) is 11.3 Å². The molecule has 0 bridgehead atoms. The Kier molecular flexibility index (Phi) is 4.31. The lowest BCUT2D eigenvalue weighted by molar-refractivity contribution is -0.139. The van der Waals surface area contributed by atoms with Gasteiger partial charge in [0.1, 0.15) is 17.5 Å². The molecule has 2 rings (SSSR count). The second-order valence-electron chi connectivity index (χ2n) is 3.72. The standard InChI is InChI=1S/C12H11NO4S2/c13-8(11(14)15)5-17-12(16)10-2-1-9(19-10)7-3-4-18-6-7/h1-4,6,8H,5,13H2,(H,14,15)/t8-/m0/s1. The fourth-order valence-electron chi connectivity index (χ4n) is 1.32. The first-order valence-electron chi connectivity index (χ1n) is 5.36. The van der Waals surface area contributed by atoms with Gasteiger partial charge in [-0.25, -0.2) is 4.79 Å². The molecule has 0 spiro atoms. The molecule has 0 aliphatic rings. The zero-order chi connectivity index (χ0) is 13.8. The molecule has 0 radical (unpaired) electrons. The van der Waals surface area contributed by atoms with Crippen LogP contribution >= 0.6 is 22.7 Å². The highest BCUT2D eigenvalue weighted by Gasteiger charge is 2.17. The summed E-state index contributed by atoms with van der Waals surface area (Å²) in [6, 6.07) is 4.26. The van der Waals surface area contributed by atoms with E-state index in [2.05, 4.69) is 0 Å². The molecule has 2 heterocycles. The summed E-state index contributed by atoms with van der Waals surface area (Å²) in [5.74, 6) is -1.75. The smallest absolute Gasteiger partial charge is 0.348 e. The number of aliphatic carboxylic acids is 1. The topological polar surface area (TPSA) is 89.6 Å². The fourth-order valence-corrected chi connectivity index (χ4v) is 2.94. The first-order chi connectivity index (χ1) is 9.08. The van der Waals surface area contributed by atoms with Gasteiger partial charge in [-0.3, -0.25) is 4.79 Å². The Balaban J connectivity index is 1.99. The predicted octanol–water partition coefficient (Wildman–Crippen LogP) is 2.05. The van der Waals surface area contributed by atoms with Crippen LogP contribution < -0.4 is 5.73 Å². The van der Waals surface area contributed by atoms with Crippen molar-refractivity contribution in [1.82, 2.24) is 0 Å². The number of carboxylic acids is 1. The summed E-state index contributed by atoms with van der Waals surface area (Å²) in [6.45, 7) is -0.333. The zero-order valence-electron chi connectivity index (χ0n) is 9.74. The average molecular weight is 297 g/mol. The Bertz CT molecular complexity index is 576. The summed E-state index contributed by atoms with van der Waals surface area (Å²) in [5, 5.41) is 12.5. The summed E-state index contributed by atoms with van der Waals surface area (Å²) in [5.41, 5.74) is 6.31. The van der Waals surface area contributed by atoms with Crippen molar-refractivity contribution in [2.24, 2.45) is 5.73 Å². The summed E-state index contributed by atoms with van der Waals surface area (Å²) in [4.78, 5) is 23.6. The van der Waals surface area contributed by atoms with Crippen molar-refractivity contribution in [3.63, 3.8) is 0 Å². The minimum Gasteiger partial charge on any atom is -0.480 e. The average Bonchev–Trinajstić information content (AvgIpc) is 3.04. The maximum Gasteiger partial charge on any atom is 0.348 e. The first kappa shape index (κ1) is 13.7. The summed E-state index contributed by atoms with van der Waals surface area (Å²) in [7, 11) is 0. The SMILES string of the molecule is N[C@@H](COC(=O)c1ccc(-c2ccsc2)s1)C(=O)O. The zero-order valence-corrected chi connectivity index (χ0v) is 11.4. The van der Waals surface area contributed by atoms with E-state index in [1.807, 2.05) is 22.9 Å². The van der Waals surface area contributed by atoms with Crippen molar-refractivity contribution in [2.75, 3.05) is 6.61 Å². The van der Waals surface area contributed by atoms with Crippen molar-refractivity contribution < 1.29 is 19.4 Å². The molecule has 3 N–H and O–H groups in total. The second kappa shape index (κ2) is 5.96. The van der Waals surface area contributed by atoms with E-state index in [1.165, 1.54) is 11.3 Å². The van der Waals surface area contributed by atoms with Gasteiger partial charge in [0.05, 0.1) is 0 Å². The molecule has 7 heteroatoms. The Morgan fingerprint density at radius 2 is 2.16 bits per heavy atom. The van der Waals surface area contributed by atoms with E-state index in [9.17, 15) is 9.59 Å². The van der Waals surface area contributed by atoms with E-state index in [-0.39, 0.29) is 6.61 Å². The van der Waals surface area contributed by atoms with E-state index in [0.29, 0.717) is 4.88 Å². The van der Waals surface area contributed by atoms with Crippen molar-refractivity contribution in [3.8, 4) is 10.4 Å². The van der Waals surface area contributed by atoms with Crippen LogP contribution in [0.25, 0.3) is 10.4 Å². The monoisotopic (exact) mass is 297 g/mol. The van der Waals surface area contributed by atoms with Crippen LogP contribution in [0.3, 0.4) is 0 Å². The van der Waals surface area contributed by atoms with Crippen molar-refractivity contribution >= 4 is 34.6 Å². The van der Waals surface area contributed by atoms with Crippen molar-refractivity contribution in [3.05, 3.63) is 33.8 Å². The molecule has 2 aromatic rings. The van der Waals surface area contributed by atoms with Crippen LogP contribution in [0.15, 0.2) is 29.0 Å². The van der Waals surface area contributed by atoms with Crippen LogP contribution in [0.1, 0.15) is 9.67 Å². The van der Waals surface area contributed by atoms with Gasteiger partial charge < -0.3 is 15.6 Å². The van der Waals surface area contributed by atoms with Gasteiger partial charge in [0.15, 0.2) is 0 Å². The molecule has 0 aliphatic carbocycles. The molecule has 2 aromatic heterocycles. The molecular weight excluding hydrogens is 286 g/mol. The fraction of sp³-hybridized carbons (Fsp3) is 0.167. The third-order valence-corrected chi connectivity index (χ3v) is 4.12. The number of ether oxygens (including phenoxy) is 1. The number of carbonyl (C=O) groups is 2. The van der Waals surface area contributed by atoms with Gasteiger partial charge in [0, 0.05) is 10.4 Å². The number of carboxylic acid groups (broad SMARTS) is 1. The highest BCUT2D eigenvalue weighted by molar-refractivity contribution is 7.17. The van der Waals surface area contributed by atoms with Crippen molar-refractivity contribution in [1.29, 1.82) is 0 Å². The van der Waals surface area contributed by atoms with E-state index in [0.717, 1.165) is 10.4 Å². The second-order valence-corrected chi connectivity index (χ2v) is 5.58. The lowest BCUT2D eigenvalue weighted by Gasteiger charge is -2.06. The molecule has 0 saturated carbocycles. The molecule has 1 atom stereocenters. The number of nitrogens with two attached hydrogens (primary N) is 1. The number of hydrogen-bond acceptors (Lipinski definition) is 6. The normalized spacial score (nSPS) is 12.1. The van der Waals surface area contributed by atoms with Gasteiger partial charge in [-0.15, -0.1) is 11.3 Å². The number of esters is 1. The highest BCUT2D eigenvalue weighted by Crippen LogP contribution is 2.29. The molecular formula is C12H11NO4S2. The maximum absolute atomic E-state index is 11.7. The van der Waals surface area contributed by atoms with Crippen LogP contribution in [-0.2, 0) is 9.53 Å². The minimum absolute atomic E-state index is 0.333. The number of carbonyl (C=O) groups excluding carboxylic acids is 1. The molecule has 0 aromatic carbocycles. The van der Waals surface area contributed by atoms with Crippen LogP contribution in [-0.4, -0.2) is 29.7 Å². The maximum atomic E-state index is 11.7. The van der Waals surface area contributed by atoms with Gasteiger partial charge in [-0.1, -0.05) is 0 Å². The third-order valence-electron chi connectivity index (χ3n) is 2.32. The molecule has 5 nitrogen and oxygen atoms in total. The predicted molar refractivity (Wildman–Crippen MR) is 73.5 cm³/mol. The first-order valence-corrected chi connectivity index (χ1v) is 7.12. The molecule has 100 valence electrons. The largest absolute Gasteiger partial charge is 0.480 e. The quantitative estimate of drug-likeness (QED) is 0.824. The lowest BCUT2D eigenvalue weighted by atomic mass is 10.3. The van der Waals surface area contributed by atoms with Gasteiger partial charge >= 0.3 is 11.9 Å². The molecule has 19 heavy (non-hydrogen) atoms. The minimum atomic E-state index is -1.20. The molecule has 0 fully saturated rings. The number of thiophene rings is 2. The summed E-state index contributed by atoms with van der Waals surface area (Å²) in [6.07, 6.45) is 0. The van der Waals surface area contributed by atoms with Gasteiger partial charge in [0.25, 0.3) is 0 Å². The molecule has 0 amide bonds. The summed E-state index contributed by atoms with van der Waals surface area (Å²) >= 11 is 2.88. The number of hydrogen-bond donors (Lipinski definition) is 2. The van der Waals surface area contributed by atoms with E-state index >= 15 is 0 Å². The van der Waals surface area contributed by atoms with E-state index in [4.69, 9.17) is 15.6 Å². The summed E-state index contributed by atoms with van der Waals surface area (Å²) < 4.78 is 4.85. The lowest BCUT2D eigenvalue weighted by Crippen LogP contribution is -2.35. The highest BCUT2D eigenvalue weighted by atomic mass is 32.1.